The van der Waals surface area contributed by atoms with Gasteiger partial charge >= 0.3 is 5.97 Å². The molecule has 2 aliphatic rings. The van der Waals surface area contributed by atoms with Crippen LogP contribution < -0.4 is 5.32 Å². The number of nitrogens with one attached hydrogen (secondary N) is 1. The highest BCUT2D eigenvalue weighted by molar-refractivity contribution is 8.04. The molecule has 0 bridgehead atoms. The van der Waals surface area contributed by atoms with Gasteiger partial charge < -0.3 is 15.3 Å². The van der Waals surface area contributed by atoms with Crippen LogP contribution in [0, 0.1) is 11.7 Å². The second-order valence-corrected chi connectivity index (χ2v) is 7.14. The van der Waals surface area contributed by atoms with E-state index in [0.717, 1.165) is 11.8 Å². The van der Waals surface area contributed by atoms with Crippen LogP contribution in [0.25, 0.3) is 0 Å². The average molecular weight is 357 g/mol. The van der Waals surface area contributed by atoms with Crippen molar-refractivity contribution in [1.29, 1.82) is 0 Å². The number of hydrogen-bond donors (Lipinski definition) is 2. The molecule has 23 heavy (non-hydrogen) atoms. The van der Waals surface area contributed by atoms with Gasteiger partial charge in [0.1, 0.15) is 22.1 Å². The zero-order valence-corrected chi connectivity index (χ0v) is 13.7. The van der Waals surface area contributed by atoms with Crippen molar-refractivity contribution in [2.24, 2.45) is 5.92 Å². The fourth-order valence-electron chi connectivity index (χ4n) is 2.87. The maximum Gasteiger partial charge on any atom is 0.343 e. The van der Waals surface area contributed by atoms with Crippen LogP contribution in [-0.2, 0) is 9.59 Å². The van der Waals surface area contributed by atoms with Crippen molar-refractivity contribution >= 4 is 35.2 Å². The molecule has 0 saturated carbocycles. The molecule has 2 heterocycles. The van der Waals surface area contributed by atoms with Gasteiger partial charge in [0.2, 0.25) is 5.91 Å². The molecule has 1 aromatic rings. The van der Waals surface area contributed by atoms with E-state index < -0.39 is 23.2 Å². The number of thioether (sulfide) groups is 1. The molecule has 0 spiro atoms. The summed E-state index contributed by atoms with van der Waals surface area (Å²) in [6.07, 6.45) is 1.46. The number of amides is 1. The molecule has 1 amide bonds. The first-order valence-electron chi connectivity index (χ1n) is 6.99. The summed E-state index contributed by atoms with van der Waals surface area (Å²) < 4.78 is 13.7. The van der Waals surface area contributed by atoms with E-state index >= 15 is 0 Å². The lowest BCUT2D eigenvalue weighted by atomic mass is 10.0. The molecule has 0 aromatic heterocycles. The number of halogens is 2. The zero-order chi connectivity index (χ0) is 16.7. The van der Waals surface area contributed by atoms with E-state index in [4.69, 9.17) is 11.6 Å². The summed E-state index contributed by atoms with van der Waals surface area (Å²) in [5.41, 5.74) is 0.527. The van der Waals surface area contributed by atoms with Crippen molar-refractivity contribution in [1.82, 2.24) is 10.2 Å². The fourth-order valence-corrected chi connectivity index (χ4v) is 4.21. The Balaban J connectivity index is 2.01. The second kappa shape index (κ2) is 6.05. The first-order valence-corrected chi connectivity index (χ1v) is 8.25. The Morgan fingerprint density at radius 2 is 2.22 bits per heavy atom. The quantitative estimate of drug-likeness (QED) is 0.871. The van der Waals surface area contributed by atoms with Crippen LogP contribution in [0.3, 0.4) is 0 Å². The van der Waals surface area contributed by atoms with E-state index in [1.165, 1.54) is 18.3 Å². The first kappa shape index (κ1) is 16.1. The third kappa shape index (κ3) is 3.03. The highest BCUT2D eigenvalue weighted by atomic mass is 35.5. The van der Waals surface area contributed by atoms with Gasteiger partial charge in [0.05, 0.1) is 0 Å². The van der Waals surface area contributed by atoms with Gasteiger partial charge in [0.25, 0.3) is 0 Å². The Kier molecular flexibility index (Phi) is 4.25. The van der Waals surface area contributed by atoms with Gasteiger partial charge in [0.15, 0.2) is 0 Å². The maximum atomic E-state index is 13.7. The van der Waals surface area contributed by atoms with Crippen LogP contribution >= 0.6 is 23.4 Å². The van der Waals surface area contributed by atoms with Crippen LogP contribution in [0.2, 0.25) is 5.02 Å². The topological polar surface area (TPSA) is 69.6 Å². The zero-order valence-electron chi connectivity index (χ0n) is 12.1. The summed E-state index contributed by atoms with van der Waals surface area (Å²) in [6, 6.07) is 3.59. The Hall–Kier alpha value is -1.73. The molecule has 0 aliphatic carbocycles. The average Bonchev–Trinajstić information content (AvgIpc) is 3.02. The fraction of sp³-hybridized carbons (Fsp3) is 0.333. The van der Waals surface area contributed by atoms with E-state index in [1.807, 2.05) is 6.92 Å². The summed E-state index contributed by atoms with van der Waals surface area (Å²) in [6.45, 7) is 2.44. The van der Waals surface area contributed by atoms with Gasteiger partial charge in [-0.05, 0) is 23.8 Å². The molecular weight excluding hydrogens is 343 g/mol. The van der Waals surface area contributed by atoms with Crippen molar-refractivity contribution in [2.45, 2.75) is 18.3 Å². The van der Waals surface area contributed by atoms with Crippen molar-refractivity contribution in [3.05, 3.63) is 45.7 Å². The van der Waals surface area contributed by atoms with Gasteiger partial charge in [-0.25, -0.2) is 9.18 Å². The lowest BCUT2D eigenvalue weighted by molar-refractivity contribution is -0.132. The number of aliphatic carboxylic acids is 1. The number of carbonyl (C=O) groups is 2. The molecule has 5 nitrogen and oxygen atoms in total. The molecular formula is C15H14ClFN2O3S. The van der Waals surface area contributed by atoms with Crippen molar-refractivity contribution in [2.75, 3.05) is 6.54 Å². The molecule has 2 aliphatic heterocycles. The van der Waals surface area contributed by atoms with Gasteiger partial charge in [-0.3, -0.25) is 4.79 Å². The molecule has 3 rings (SSSR count). The van der Waals surface area contributed by atoms with E-state index in [0.29, 0.717) is 12.1 Å². The lowest BCUT2D eigenvalue weighted by Crippen LogP contribution is -2.40. The van der Waals surface area contributed by atoms with Crippen LogP contribution in [-0.4, -0.2) is 34.5 Å². The van der Waals surface area contributed by atoms with Crippen LogP contribution in [0.5, 0.6) is 0 Å². The summed E-state index contributed by atoms with van der Waals surface area (Å²) in [7, 11) is 0. The number of carbonyl (C=O) groups excluding carboxylic acids is 1. The standard InChI is InChI=1S/C15H14ClFN2O3S/c1-7-5-18-13(20)12(7)19-6-11(15(21)22)23-14(19)8-2-9(16)4-10(17)3-8/h2-4,6-7,12,14H,5H2,1H3,(H,18,20)(H,21,22). The predicted octanol–water partition coefficient (Wildman–Crippen LogP) is 2.59. The minimum absolute atomic E-state index is 0.0130. The maximum absolute atomic E-state index is 13.7. The van der Waals surface area contributed by atoms with Gasteiger partial charge in [0, 0.05) is 23.7 Å². The van der Waals surface area contributed by atoms with E-state index in [-0.39, 0.29) is 21.8 Å². The van der Waals surface area contributed by atoms with Crippen molar-refractivity contribution < 1.29 is 19.1 Å². The van der Waals surface area contributed by atoms with Gasteiger partial charge in [-0.1, -0.05) is 30.3 Å². The molecule has 2 N–H and O–H groups in total. The minimum atomic E-state index is -1.07. The monoisotopic (exact) mass is 356 g/mol. The molecule has 3 unspecified atom stereocenters. The highest BCUT2D eigenvalue weighted by Gasteiger charge is 2.43. The number of carboxylic acid groups (broad SMARTS) is 1. The number of benzene rings is 1. The molecule has 3 atom stereocenters. The minimum Gasteiger partial charge on any atom is -0.477 e. The summed E-state index contributed by atoms with van der Waals surface area (Å²) in [5, 5.41) is 11.8. The number of carboxylic acids is 1. The SMILES string of the molecule is CC1CNC(=O)C1N1C=C(C(=O)O)SC1c1cc(F)cc(Cl)c1. The molecule has 122 valence electrons. The lowest BCUT2D eigenvalue weighted by Gasteiger charge is -2.31. The Bertz CT molecular complexity index is 692. The summed E-state index contributed by atoms with van der Waals surface area (Å²) >= 11 is 6.98. The van der Waals surface area contributed by atoms with E-state index in [9.17, 15) is 19.1 Å². The number of nitrogens with zero attached hydrogens (tertiary/aromatic N) is 1. The van der Waals surface area contributed by atoms with Crippen molar-refractivity contribution in [3.63, 3.8) is 0 Å². The third-order valence-electron chi connectivity index (χ3n) is 3.88. The van der Waals surface area contributed by atoms with Crippen LogP contribution in [0.1, 0.15) is 17.9 Å². The normalized spacial score (nSPS) is 27.1. The Morgan fingerprint density at radius 1 is 1.48 bits per heavy atom. The molecule has 1 fully saturated rings. The molecule has 0 radical (unpaired) electrons. The Morgan fingerprint density at radius 3 is 2.78 bits per heavy atom. The summed E-state index contributed by atoms with van der Waals surface area (Å²) in [5.74, 6) is -1.72. The first-order chi connectivity index (χ1) is 10.9. The molecule has 1 aromatic carbocycles. The highest BCUT2D eigenvalue weighted by Crippen LogP contribution is 2.47. The van der Waals surface area contributed by atoms with Crippen molar-refractivity contribution in [3.8, 4) is 0 Å². The second-order valence-electron chi connectivity index (χ2n) is 5.59. The molecule has 8 heteroatoms. The number of rotatable bonds is 3. The summed E-state index contributed by atoms with van der Waals surface area (Å²) in [4.78, 5) is 25.2. The van der Waals surface area contributed by atoms with Crippen LogP contribution in [0.4, 0.5) is 4.39 Å². The predicted molar refractivity (Wildman–Crippen MR) is 85.3 cm³/mol. The van der Waals surface area contributed by atoms with E-state index in [2.05, 4.69) is 5.32 Å². The molecule has 1 saturated heterocycles. The van der Waals surface area contributed by atoms with Gasteiger partial charge in [-0.2, -0.15) is 0 Å². The smallest absolute Gasteiger partial charge is 0.343 e. The van der Waals surface area contributed by atoms with Crippen LogP contribution in [0.15, 0.2) is 29.3 Å². The van der Waals surface area contributed by atoms with Gasteiger partial charge in [-0.15, -0.1) is 0 Å². The van der Waals surface area contributed by atoms with E-state index in [1.54, 1.807) is 11.0 Å². The number of hydrogen-bond acceptors (Lipinski definition) is 4. The third-order valence-corrected chi connectivity index (χ3v) is 5.37. The Labute approximate surface area is 141 Å². The largest absolute Gasteiger partial charge is 0.477 e.